The lowest BCUT2D eigenvalue weighted by Gasteiger charge is -2.33. The fourth-order valence-corrected chi connectivity index (χ4v) is 3.01. The van der Waals surface area contributed by atoms with E-state index in [1.165, 1.54) is 38.8 Å². The Morgan fingerprint density at radius 2 is 1.88 bits per heavy atom. The van der Waals surface area contributed by atoms with Gasteiger partial charge in [-0.15, -0.1) is 24.0 Å². The lowest BCUT2D eigenvalue weighted by Crippen LogP contribution is -2.49. The summed E-state index contributed by atoms with van der Waals surface area (Å²) in [5.41, 5.74) is 0. The highest BCUT2D eigenvalue weighted by Crippen LogP contribution is 2.11. The first-order valence-electron chi connectivity index (χ1n) is 9.49. The zero-order chi connectivity index (χ0) is 16.9. The minimum atomic E-state index is 0. The van der Waals surface area contributed by atoms with E-state index in [1.807, 2.05) is 0 Å². The molecule has 0 unspecified atom stereocenters. The van der Waals surface area contributed by atoms with Gasteiger partial charge in [0.25, 0.3) is 0 Å². The Morgan fingerprint density at radius 1 is 1.21 bits per heavy atom. The summed E-state index contributed by atoms with van der Waals surface area (Å²) < 4.78 is 5.14. The van der Waals surface area contributed by atoms with Crippen molar-refractivity contribution in [2.45, 2.75) is 58.9 Å². The SMILES string of the molecule is CCNC(=NCC(CC)CC)NC1CCN(CCCOC)CC1.I. The van der Waals surface area contributed by atoms with Crippen LogP contribution in [0, 0.1) is 5.92 Å². The maximum absolute atomic E-state index is 5.14. The van der Waals surface area contributed by atoms with E-state index in [2.05, 4.69) is 36.3 Å². The predicted molar refractivity (Wildman–Crippen MR) is 115 cm³/mol. The number of hydrogen-bond acceptors (Lipinski definition) is 3. The number of nitrogens with zero attached hydrogens (tertiary/aromatic N) is 2. The number of hydrogen-bond donors (Lipinski definition) is 2. The van der Waals surface area contributed by atoms with Gasteiger partial charge in [-0.1, -0.05) is 26.7 Å². The largest absolute Gasteiger partial charge is 0.385 e. The zero-order valence-electron chi connectivity index (χ0n) is 16.1. The van der Waals surface area contributed by atoms with Crippen molar-refractivity contribution in [2.75, 3.05) is 46.4 Å². The third-order valence-electron chi connectivity index (χ3n) is 4.76. The summed E-state index contributed by atoms with van der Waals surface area (Å²) in [7, 11) is 1.78. The average molecular weight is 454 g/mol. The molecule has 0 aromatic heterocycles. The van der Waals surface area contributed by atoms with Gasteiger partial charge in [0.2, 0.25) is 0 Å². The Hall–Kier alpha value is -0.0800. The number of methoxy groups -OCH3 is 1. The van der Waals surface area contributed by atoms with E-state index >= 15 is 0 Å². The molecule has 0 atom stereocenters. The van der Waals surface area contributed by atoms with Crippen molar-refractivity contribution in [2.24, 2.45) is 10.9 Å². The van der Waals surface area contributed by atoms with E-state index in [0.717, 1.165) is 38.6 Å². The van der Waals surface area contributed by atoms with Gasteiger partial charge in [-0.25, -0.2) is 0 Å². The second kappa shape index (κ2) is 15.2. The molecule has 0 bridgehead atoms. The van der Waals surface area contributed by atoms with Crippen molar-refractivity contribution >= 4 is 29.9 Å². The van der Waals surface area contributed by atoms with Gasteiger partial charge in [0.1, 0.15) is 0 Å². The molecule has 0 saturated carbocycles. The van der Waals surface area contributed by atoms with Gasteiger partial charge in [-0.3, -0.25) is 4.99 Å². The Morgan fingerprint density at radius 3 is 2.42 bits per heavy atom. The van der Waals surface area contributed by atoms with E-state index in [4.69, 9.17) is 9.73 Å². The molecule has 0 aliphatic carbocycles. The Kier molecular flexibility index (Phi) is 15.1. The molecule has 0 spiro atoms. The van der Waals surface area contributed by atoms with Crippen LogP contribution in [0.2, 0.25) is 0 Å². The Bertz CT molecular complexity index is 316. The second-order valence-corrected chi connectivity index (χ2v) is 6.51. The number of halogens is 1. The van der Waals surface area contributed by atoms with Crippen molar-refractivity contribution in [1.29, 1.82) is 0 Å². The van der Waals surface area contributed by atoms with Gasteiger partial charge in [-0.2, -0.15) is 0 Å². The standard InChI is InChI=1S/C18H38N4O.HI/c1-5-16(6-2)15-20-18(19-7-3)21-17-9-12-22(13-10-17)11-8-14-23-4;/h16-17H,5-15H2,1-4H3,(H2,19,20,21);1H. The zero-order valence-corrected chi connectivity index (χ0v) is 18.5. The molecule has 1 rings (SSSR count). The highest BCUT2D eigenvalue weighted by molar-refractivity contribution is 14.0. The van der Waals surface area contributed by atoms with Gasteiger partial charge in [0.15, 0.2) is 5.96 Å². The molecule has 2 N–H and O–H groups in total. The molecule has 1 heterocycles. The van der Waals surface area contributed by atoms with E-state index < -0.39 is 0 Å². The molecular formula is C18H39IN4O. The van der Waals surface area contributed by atoms with Crippen molar-refractivity contribution < 1.29 is 4.74 Å². The number of nitrogens with one attached hydrogen (secondary N) is 2. The number of rotatable bonds is 10. The minimum Gasteiger partial charge on any atom is -0.385 e. The Balaban J connectivity index is 0.00000529. The maximum atomic E-state index is 5.14. The summed E-state index contributed by atoms with van der Waals surface area (Å²) >= 11 is 0. The fourth-order valence-electron chi connectivity index (χ4n) is 3.01. The van der Waals surface area contributed by atoms with Crippen LogP contribution < -0.4 is 10.6 Å². The molecule has 144 valence electrons. The fraction of sp³-hybridized carbons (Fsp3) is 0.944. The number of guanidine groups is 1. The van der Waals surface area contributed by atoms with Crippen molar-refractivity contribution in [3.63, 3.8) is 0 Å². The molecule has 1 saturated heterocycles. The van der Waals surface area contributed by atoms with Gasteiger partial charge < -0.3 is 20.3 Å². The van der Waals surface area contributed by atoms with E-state index in [1.54, 1.807) is 7.11 Å². The monoisotopic (exact) mass is 454 g/mol. The van der Waals surface area contributed by atoms with Crippen molar-refractivity contribution in [3.8, 4) is 0 Å². The van der Waals surface area contributed by atoms with Crippen LogP contribution in [-0.2, 0) is 4.74 Å². The van der Waals surface area contributed by atoms with Crippen molar-refractivity contribution in [1.82, 2.24) is 15.5 Å². The molecule has 1 fully saturated rings. The maximum Gasteiger partial charge on any atom is 0.191 e. The molecule has 0 amide bonds. The van der Waals surface area contributed by atoms with Gasteiger partial charge in [0, 0.05) is 52.5 Å². The van der Waals surface area contributed by atoms with Gasteiger partial charge in [-0.05, 0) is 32.1 Å². The molecular weight excluding hydrogens is 415 g/mol. The molecule has 0 aromatic rings. The van der Waals surface area contributed by atoms with Crippen LogP contribution in [0.5, 0.6) is 0 Å². The van der Waals surface area contributed by atoms with Crippen LogP contribution in [-0.4, -0.2) is 63.3 Å². The van der Waals surface area contributed by atoms with Gasteiger partial charge >= 0.3 is 0 Å². The van der Waals surface area contributed by atoms with E-state index in [9.17, 15) is 0 Å². The van der Waals surface area contributed by atoms with Crippen LogP contribution in [0.15, 0.2) is 4.99 Å². The summed E-state index contributed by atoms with van der Waals surface area (Å²) in [6.45, 7) is 12.9. The number of ether oxygens (including phenoxy) is 1. The molecule has 24 heavy (non-hydrogen) atoms. The third-order valence-corrected chi connectivity index (χ3v) is 4.76. The van der Waals surface area contributed by atoms with E-state index in [0.29, 0.717) is 12.0 Å². The van der Waals surface area contributed by atoms with Crippen LogP contribution in [0.4, 0.5) is 0 Å². The second-order valence-electron chi connectivity index (χ2n) is 6.51. The topological polar surface area (TPSA) is 48.9 Å². The number of aliphatic imine (C=N–C) groups is 1. The molecule has 1 aliphatic heterocycles. The predicted octanol–water partition coefficient (Wildman–Crippen LogP) is 3.10. The smallest absolute Gasteiger partial charge is 0.191 e. The molecule has 5 nitrogen and oxygen atoms in total. The lowest BCUT2D eigenvalue weighted by atomic mass is 10.0. The number of piperidine rings is 1. The molecule has 1 aliphatic rings. The quantitative estimate of drug-likeness (QED) is 0.231. The van der Waals surface area contributed by atoms with Gasteiger partial charge in [0.05, 0.1) is 0 Å². The van der Waals surface area contributed by atoms with Crippen LogP contribution in [0.3, 0.4) is 0 Å². The molecule has 0 radical (unpaired) electrons. The average Bonchev–Trinajstić information content (AvgIpc) is 2.57. The highest BCUT2D eigenvalue weighted by Gasteiger charge is 2.19. The molecule has 0 aromatic carbocycles. The normalized spacial score (nSPS) is 17.0. The first-order chi connectivity index (χ1) is 11.2. The minimum absolute atomic E-state index is 0. The number of likely N-dealkylation sites (tertiary alicyclic amines) is 1. The highest BCUT2D eigenvalue weighted by atomic mass is 127. The third kappa shape index (κ3) is 10.0. The Labute approximate surface area is 166 Å². The van der Waals surface area contributed by atoms with E-state index in [-0.39, 0.29) is 24.0 Å². The summed E-state index contributed by atoms with van der Waals surface area (Å²) in [6.07, 6.45) is 5.94. The first kappa shape index (κ1) is 23.9. The summed E-state index contributed by atoms with van der Waals surface area (Å²) in [6, 6.07) is 0.549. The molecule has 6 heteroatoms. The summed E-state index contributed by atoms with van der Waals surface area (Å²) in [4.78, 5) is 7.34. The van der Waals surface area contributed by atoms with Crippen LogP contribution in [0.1, 0.15) is 52.9 Å². The summed E-state index contributed by atoms with van der Waals surface area (Å²) in [5.74, 6) is 1.70. The van der Waals surface area contributed by atoms with Crippen LogP contribution >= 0.6 is 24.0 Å². The van der Waals surface area contributed by atoms with Crippen molar-refractivity contribution in [3.05, 3.63) is 0 Å². The van der Waals surface area contributed by atoms with Crippen LogP contribution in [0.25, 0.3) is 0 Å². The lowest BCUT2D eigenvalue weighted by molar-refractivity contribution is 0.155. The summed E-state index contributed by atoms with van der Waals surface area (Å²) in [5, 5.41) is 7.03. The first-order valence-corrected chi connectivity index (χ1v) is 9.49.